The summed E-state index contributed by atoms with van der Waals surface area (Å²) in [4.78, 5) is 12.3. The number of aromatic nitrogens is 2. The lowest BCUT2D eigenvalue weighted by Gasteiger charge is -2.24. The Morgan fingerprint density at radius 2 is 2.24 bits per heavy atom. The van der Waals surface area contributed by atoms with Crippen LogP contribution in [0.15, 0.2) is 30.5 Å². The van der Waals surface area contributed by atoms with Crippen LogP contribution >= 0.6 is 0 Å². The SMILES string of the molecule is Cc1ccccc1CC(=O)N[C@@H]1CCCc2c1cnn2C. The van der Waals surface area contributed by atoms with E-state index in [2.05, 4.69) is 10.4 Å². The minimum atomic E-state index is 0.0889. The highest BCUT2D eigenvalue weighted by Gasteiger charge is 2.24. The van der Waals surface area contributed by atoms with Gasteiger partial charge in [0.15, 0.2) is 0 Å². The quantitative estimate of drug-likeness (QED) is 0.940. The Balaban J connectivity index is 1.70. The zero-order valence-corrected chi connectivity index (χ0v) is 12.6. The maximum Gasteiger partial charge on any atom is 0.224 e. The van der Waals surface area contributed by atoms with E-state index in [1.165, 1.54) is 16.8 Å². The molecular weight excluding hydrogens is 262 g/mol. The van der Waals surface area contributed by atoms with E-state index in [1.807, 2.05) is 49.1 Å². The Labute approximate surface area is 125 Å². The molecule has 3 rings (SSSR count). The molecule has 0 bridgehead atoms. The predicted molar refractivity (Wildman–Crippen MR) is 81.9 cm³/mol. The third kappa shape index (κ3) is 2.84. The third-order valence-corrected chi connectivity index (χ3v) is 4.32. The van der Waals surface area contributed by atoms with E-state index in [1.54, 1.807) is 0 Å². The largest absolute Gasteiger partial charge is 0.349 e. The van der Waals surface area contributed by atoms with E-state index in [0.29, 0.717) is 6.42 Å². The van der Waals surface area contributed by atoms with Crippen LogP contribution in [0.1, 0.15) is 41.3 Å². The van der Waals surface area contributed by atoms with E-state index in [-0.39, 0.29) is 11.9 Å². The van der Waals surface area contributed by atoms with Crippen molar-refractivity contribution in [1.29, 1.82) is 0 Å². The second-order valence-corrected chi connectivity index (χ2v) is 5.79. The molecular formula is C17H21N3O. The highest BCUT2D eigenvalue weighted by atomic mass is 16.1. The Kier molecular flexibility index (Phi) is 3.78. The fraction of sp³-hybridized carbons (Fsp3) is 0.412. The van der Waals surface area contributed by atoms with Crippen LogP contribution in [0.3, 0.4) is 0 Å². The van der Waals surface area contributed by atoms with Crippen molar-refractivity contribution in [3.8, 4) is 0 Å². The molecule has 0 saturated heterocycles. The molecule has 110 valence electrons. The van der Waals surface area contributed by atoms with Crippen LogP contribution in [-0.4, -0.2) is 15.7 Å². The number of hydrogen-bond donors (Lipinski definition) is 1. The molecule has 2 aromatic rings. The Morgan fingerprint density at radius 3 is 3.05 bits per heavy atom. The Bertz CT molecular complexity index is 660. The molecule has 21 heavy (non-hydrogen) atoms. The minimum Gasteiger partial charge on any atom is -0.349 e. The fourth-order valence-electron chi connectivity index (χ4n) is 3.08. The lowest BCUT2D eigenvalue weighted by Crippen LogP contribution is -2.32. The van der Waals surface area contributed by atoms with Crippen molar-refractivity contribution in [2.45, 2.75) is 38.6 Å². The zero-order chi connectivity index (χ0) is 14.8. The molecule has 1 heterocycles. The minimum absolute atomic E-state index is 0.0889. The first kappa shape index (κ1) is 13.9. The molecule has 0 unspecified atom stereocenters. The van der Waals surface area contributed by atoms with Crippen LogP contribution in [0.5, 0.6) is 0 Å². The van der Waals surface area contributed by atoms with Crippen molar-refractivity contribution in [3.63, 3.8) is 0 Å². The van der Waals surface area contributed by atoms with Crippen LogP contribution < -0.4 is 5.32 Å². The number of amides is 1. The molecule has 1 amide bonds. The van der Waals surface area contributed by atoms with Gasteiger partial charge in [0.25, 0.3) is 0 Å². The van der Waals surface area contributed by atoms with E-state index < -0.39 is 0 Å². The summed E-state index contributed by atoms with van der Waals surface area (Å²) in [6.07, 6.45) is 5.49. The molecule has 0 saturated carbocycles. The average Bonchev–Trinajstić information content (AvgIpc) is 2.84. The first-order valence-electron chi connectivity index (χ1n) is 7.50. The van der Waals surface area contributed by atoms with E-state index in [4.69, 9.17) is 0 Å². The monoisotopic (exact) mass is 283 g/mol. The molecule has 1 aliphatic rings. The topological polar surface area (TPSA) is 46.9 Å². The molecule has 1 aromatic heterocycles. The normalized spacial score (nSPS) is 17.3. The summed E-state index contributed by atoms with van der Waals surface area (Å²) in [6.45, 7) is 2.04. The van der Waals surface area contributed by atoms with Gasteiger partial charge >= 0.3 is 0 Å². The van der Waals surface area contributed by atoms with Crippen molar-refractivity contribution in [3.05, 3.63) is 52.8 Å². The summed E-state index contributed by atoms with van der Waals surface area (Å²) in [5.74, 6) is 0.0889. The number of carbonyl (C=O) groups excluding carboxylic acids is 1. The van der Waals surface area contributed by atoms with Crippen LogP contribution in [0.4, 0.5) is 0 Å². The summed E-state index contributed by atoms with van der Waals surface area (Å²) in [6, 6.07) is 8.15. The summed E-state index contributed by atoms with van der Waals surface area (Å²) in [5, 5.41) is 7.49. The number of nitrogens with one attached hydrogen (secondary N) is 1. The maximum absolute atomic E-state index is 12.3. The Morgan fingerprint density at radius 1 is 1.43 bits per heavy atom. The van der Waals surface area contributed by atoms with Gasteiger partial charge in [-0.3, -0.25) is 9.48 Å². The maximum atomic E-state index is 12.3. The number of benzene rings is 1. The highest BCUT2D eigenvalue weighted by molar-refractivity contribution is 5.79. The van der Waals surface area contributed by atoms with Crippen LogP contribution in [0, 0.1) is 6.92 Å². The molecule has 0 aliphatic heterocycles. The average molecular weight is 283 g/mol. The second kappa shape index (κ2) is 5.72. The van der Waals surface area contributed by atoms with E-state index >= 15 is 0 Å². The van der Waals surface area contributed by atoms with Gasteiger partial charge in [0.1, 0.15) is 0 Å². The van der Waals surface area contributed by atoms with Gasteiger partial charge in [0.05, 0.1) is 18.7 Å². The predicted octanol–water partition coefficient (Wildman–Crippen LogP) is 2.46. The van der Waals surface area contributed by atoms with Gasteiger partial charge < -0.3 is 5.32 Å². The summed E-state index contributed by atoms with van der Waals surface area (Å²) < 4.78 is 1.93. The van der Waals surface area contributed by atoms with Crippen molar-refractivity contribution in [2.75, 3.05) is 0 Å². The summed E-state index contributed by atoms with van der Waals surface area (Å²) >= 11 is 0. The standard InChI is InChI=1S/C17H21N3O/c1-12-6-3-4-7-13(12)10-17(21)19-15-8-5-9-16-14(15)11-18-20(16)2/h3-4,6-7,11,15H,5,8-10H2,1-2H3,(H,19,21)/t15-/m1/s1. The first-order chi connectivity index (χ1) is 10.1. The molecule has 0 spiro atoms. The lowest BCUT2D eigenvalue weighted by molar-refractivity contribution is -0.121. The zero-order valence-electron chi connectivity index (χ0n) is 12.6. The smallest absolute Gasteiger partial charge is 0.224 e. The van der Waals surface area contributed by atoms with Crippen molar-refractivity contribution < 1.29 is 4.79 Å². The number of nitrogens with zero attached hydrogens (tertiary/aromatic N) is 2. The van der Waals surface area contributed by atoms with Gasteiger partial charge in [0, 0.05) is 18.3 Å². The molecule has 1 atom stereocenters. The number of aryl methyl sites for hydroxylation is 2. The second-order valence-electron chi connectivity index (χ2n) is 5.79. The van der Waals surface area contributed by atoms with Crippen molar-refractivity contribution in [2.24, 2.45) is 7.05 Å². The summed E-state index contributed by atoms with van der Waals surface area (Å²) in [5.41, 5.74) is 4.69. The molecule has 1 N–H and O–H groups in total. The highest BCUT2D eigenvalue weighted by Crippen LogP contribution is 2.29. The lowest BCUT2D eigenvalue weighted by atomic mass is 9.92. The summed E-state index contributed by atoms with van der Waals surface area (Å²) in [7, 11) is 1.97. The molecule has 4 heteroatoms. The molecule has 0 radical (unpaired) electrons. The van der Waals surface area contributed by atoms with E-state index in [0.717, 1.165) is 24.8 Å². The molecule has 4 nitrogen and oxygen atoms in total. The van der Waals surface area contributed by atoms with Gasteiger partial charge in [0.2, 0.25) is 5.91 Å². The van der Waals surface area contributed by atoms with Gasteiger partial charge in [-0.05, 0) is 37.3 Å². The van der Waals surface area contributed by atoms with Crippen LogP contribution in [0.2, 0.25) is 0 Å². The molecule has 1 aromatic carbocycles. The van der Waals surface area contributed by atoms with Crippen LogP contribution in [-0.2, 0) is 24.7 Å². The number of fused-ring (bicyclic) bond motifs is 1. The fourth-order valence-corrected chi connectivity index (χ4v) is 3.08. The van der Waals surface area contributed by atoms with Crippen molar-refractivity contribution in [1.82, 2.24) is 15.1 Å². The van der Waals surface area contributed by atoms with Gasteiger partial charge in [-0.1, -0.05) is 24.3 Å². The van der Waals surface area contributed by atoms with Gasteiger partial charge in [-0.25, -0.2) is 0 Å². The number of carbonyl (C=O) groups is 1. The Hall–Kier alpha value is -2.10. The van der Waals surface area contributed by atoms with Crippen molar-refractivity contribution >= 4 is 5.91 Å². The third-order valence-electron chi connectivity index (χ3n) is 4.32. The molecule has 1 aliphatic carbocycles. The number of rotatable bonds is 3. The van der Waals surface area contributed by atoms with Gasteiger partial charge in [-0.2, -0.15) is 5.10 Å². The van der Waals surface area contributed by atoms with Crippen LogP contribution in [0.25, 0.3) is 0 Å². The molecule has 0 fully saturated rings. The number of hydrogen-bond acceptors (Lipinski definition) is 2. The first-order valence-corrected chi connectivity index (χ1v) is 7.50. The van der Waals surface area contributed by atoms with Gasteiger partial charge in [-0.15, -0.1) is 0 Å². The van der Waals surface area contributed by atoms with E-state index in [9.17, 15) is 4.79 Å².